The van der Waals surface area contributed by atoms with Gasteiger partial charge in [0.25, 0.3) is 5.91 Å². The van der Waals surface area contributed by atoms with Crippen molar-refractivity contribution >= 4 is 17.4 Å². The number of carbonyl (C=O) groups is 2. The average Bonchev–Trinajstić information content (AvgIpc) is 2.53. The summed E-state index contributed by atoms with van der Waals surface area (Å²) in [5.41, 5.74) is 2.33. The number of ether oxygens (including phenoxy) is 1. The average molecular weight is 326 g/mol. The van der Waals surface area contributed by atoms with Gasteiger partial charge in [0.15, 0.2) is 12.4 Å². The molecule has 2 rings (SSSR count). The fraction of sp³-hybridized carbons (Fsp3) is 0.263. The minimum absolute atomic E-state index is 0.0423. The molecule has 0 heterocycles. The summed E-state index contributed by atoms with van der Waals surface area (Å²) in [6, 6.07) is 14.4. The quantitative estimate of drug-likeness (QED) is 0.795. The molecular formula is C19H22N2O3. The van der Waals surface area contributed by atoms with Gasteiger partial charge in [-0.25, -0.2) is 0 Å². The highest BCUT2D eigenvalue weighted by Gasteiger charge is 2.08. The molecule has 5 nitrogen and oxygen atoms in total. The number of benzene rings is 2. The second-order valence-corrected chi connectivity index (χ2v) is 5.89. The summed E-state index contributed by atoms with van der Waals surface area (Å²) in [7, 11) is 3.70. The normalized spacial score (nSPS) is 10.5. The third-order valence-corrected chi connectivity index (χ3v) is 3.31. The Morgan fingerprint density at radius 2 is 1.79 bits per heavy atom. The van der Waals surface area contributed by atoms with Gasteiger partial charge in [0.1, 0.15) is 5.75 Å². The minimum atomic E-state index is -0.246. The largest absolute Gasteiger partial charge is 0.484 e. The zero-order valence-electron chi connectivity index (χ0n) is 14.2. The van der Waals surface area contributed by atoms with Crippen molar-refractivity contribution in [3.63, 3.8) is 0 Å². The van der Waals surface area contributed by atoms with Gasteiger partial charge in [-0.2, -0.15) is 0 Å². The van der Waals surface area contributed by atoms with Crippen LogP contribution < -0.4 is 10.1 Å². The zero-order chi connectivity index (χ0) is 17.5. The lowest BCUT2D eigenvalue weighted by atomic mass is 10.1. The number of carbonyl (C=O) groups excluding carboxylic acids is 2. The van der Waals surface area contributed by atoms with Gasteiger partial charge in [-0.05, 0) is 63.0 Å². The lowest BCUT2D eigenvalue weighted by Crippen LogP contribution is -2.22. The molecule has 0 spiro atoms. The topological polar surface area (TPSA) is 58.6 Å². The van der Waals surface area contributed by atoms with E-state index in [1.165, 1.54) is 0 Å². The van der Waals surface area contributed by atoms with Gasteiger partial charge >= 0.3 is 0 Å². The van der Waals surface area contributed by atoms with Crippen molar-refractivity contribution in [2.24, 2.45) is 0 Å². The van der Waals surface area contributed by atoms with E-state index in [-0.39, 0.29) is 18.3 Å². The Bertz CT molecular complexity index is 709. The smallest absolute Gasteiger partial charge is 0.262 e. The predicted octanol–water partition coefficient (Wildman–Crippen LogP) is 2.76. The first-order chi connectivity index (χ1) is 11.4. The van der Waals surface area contributed by atoms with Crippen molar-refractivity contribution < 1.29 is 14.3 Å². The first-order valence-electron chi connectivity index (χ1n) is 7.71. The summed E-state index contributed by atoms with van der Waals surface area (Å²) < 4.78 is 5.45. The molecular weight excluding hydrogens is 304 g/mol. The molecule has 0 atom stereocenters. The molecule has 0 saturated carbocycles. The van der Waals surface area contributed by atoms with Gasteiger partial charge in [0.05, 0.1) is 6.54 Å². The van der Waals surface area contributed by atoms with E-state index in [9.17, 15) is 9.59 Å². The van der Waals surface area contributed by atoms with Crippen LogP contribution in [0.1, 0.15) is 15.9 Å². The number of anilines is 1. The molecule has 0 aliphatic rings. The summed E-state index contributed by atoms with van der Waals surface area (Å²) in [6.07, 6.45) is 0. The Hall–Kier alpha value is -2.66. The summed E-state index contributed by atoms with van der Waals surface area (Å²) >= 11 is 0. The molecule has 0 saturated heterocycles. The van der Waals surface area contributed by atoms with E-state index in [0.717, 1.165) is 5.56 Å². The molecule has 2 aromatic rings. The van der Waals surface area contributed by atoms with Crippen molar-refractivity contribution in [3.05, 3.63) is 59.7 Å². The lowest BCUT2D eigenvalue weighted by molar-refractivity contribution is -0.118. The molecule has 1 amide bonds. The molecule has 24 heavy (non-hydrogen) atoms. The SMILES string of the molecule is Cc1cccc(OCC(=O)Nc2ccc(C(=O)CN(C)C)cc2)c1. The van der Waals surface area contributed by atoms with Crippen LogP contribution in [-0.4, -0.2) is 43.8 Å². The fourth-order valence-corrected chi connectivity index (χ4v) is 2.17. The molecule has 2 aromatic carbocycles. The standard InChI is InChI=1S/C19H22N2O3/c1-14-5-4-6-17(11-14)24-13-19(23)20-16-9-7-15(8-10-16)18(22)12-21(2)3/h4-11H,12-13H2,1-3H3,(H,20,23). The number of Topliss-reactive ketones (excluding diaryl/α,β-unsaturated/α-hetero) is 1. The summed E-state index contributed by atoms with van der Waals surface area (Å²) in [5, 5.41) is 2.75. The zero-order valence-corrected chi connectivity index (χ0v) is 14.2. The van der Waals surface area contributed by atoms with Crippen LogP contribution in [0.15, 0.2) is 48.5 Å². The van der Waals surface area contributed by atoms with E-state index >= 15 is 0 Å². The van der Waals surface area contributed by atoms with E-state index in [4.69, 9.17) is 4.74 Å². The molecule has 0 bridgehead atoms. The Labute approximate surface area is 142 Å². The third-order valence-electron chi connectivity index (χ3n) is 3.31. The van der Waals surface area contributed by atoms with E-state index in [0.29, 0.717) is 23.5 Å². The number of nitrogens with one attached hydrogen (secondary N) is 1. The number of likely N-dealkylation sites (N-methyl/N-ethyl adjacent to an activating group) is 1. The van der Waals surface area contributed by atoms with Crippen LogP contribution in [0.25, 0.3) is 0 Å². The molecule has 0 fully saturated rings. The number of hydrogen-bond donors (Lipinski definition) is 1. The van der Waals surface area contributed by atoms with Crippen molar-refractivity contribution in [1.29, 1.82) is 0 Å². The molecule has 0 radical (unpaired) electrons. The van der Waals surface area contributed by atoms with Crippen LogP contribution in [0, 0.1) is 6.92 Å². The van der Waals surface area contributed by atoms with Gasteiger partial charge in [0.2, 0.25) is 0 Å². The number of hydrogen-bond acceptors (Lipinski definition) is 4. The third kappa shape index (κ3) is 5.52. The summed E-state index contributed by atoms with van der Waals surface area (Å²) in [6.45, 7) is 2.26. The molecule has 1 N–H and O–H groups in total. The van der Waals surface area contributed by atoms with Gasteiger partial charge in [0, 0.05) is 11.3 Å². The lowest BCUT2D eigenvalue weighted by Gasteiger charge is -2.10. The second-order valence-electron chi connectivity index (χ2n) is 5.89. The highest BCUT2D eigenvalue weighted by Crippen LogP contribution is 2.13. The van der Waals surface area contributed by atoms with Crippen molar-refractivity contribution in [3.8, 4) is 5.75 Å². The second kappa shape index (κ2) is 8.26. The number of aryl methyl sites for hydroxylation is 1. The van der Waals surface area contributed by atoms with Crippen molar-refractivity contribution in [1.82, 2.24) is 4.90 Å². The maximum atomic E-state index is 11.9. The van der Waals surface area contributed by atoms with Gasteiger partial charge in [-0.1, -0.05) is 12.1 Å². The molecule has 5 heteroatoms. The van der Waals surface area contributed by atoms with Crippen LogP contribution in [0.4, 0.5) is 5.69 Å². The van der Waals surface area contributed by atoms with E-state index in [1.807, 2.05) is 50.2 Å². The maximum Gasteiger partial charge on any atom is 0.262 e. The Morgan fingerprint density at radius 3 is 2.42 bits per heavy atom. The highest BCUT2D eigenvalue weighted by atomic mass is 16.5. The Balaban J connectivity index is 1.86. The van der Waals surface area contributed by atoms with E-state index in [2.05, 4.69) is 5.32 Å². The van der Waals surface area contributed by atoms with E-state index < -0.39 is 0 Å². The molecule has 0 aliphatic carbocycles. The monoisotopic (exact) mass is 326 g/mol. The number of rotatable bonds is 7. The summed E-state index contributed by atoms with van der Waals surface area (Å²) in [4.78, 5) is 25.7. The van der Waals surface area contributed by atoms with Crippen molar-refractivity contribution in [2.75, 3.05) is 32.6 Å². The molecule has 0 unspecified atom stereocenters. The van der Waals surface area contributed by atoms with Crippen LogP contribution in [0.2, 0.25) is 0 Å². The predicted molar refractivity (Wildman–Crippen MR) is 94.6 cm³/mol. The fourth-order valence-electron chi connectivity index (χ4n) is 2.17. The van der Waals surface area contributed by atoms with Crippen LogP contribution in [0.3, 0.4) is 0 Å². The Kier molecular flexibility index (Phi) is 6.09. The first-order valence-corrected chi connectivity index (χ1v) is 7.71. The Morgan fingerprint density at radius 1 is 1.08 bits per heavy atom. The van der Waals surface area contributed by atoms with Gasteiger partial charge in [-0.3, -0.25) is 9.59 Å². The molecule has 126 valence electrons. The minimum Gasteiger partial charge on any atom is -0.484 e. The van der Waals surface area contributed by atoms with Crippen LogP contribution in [0.5, 0.6) is 5.75 Å². The highest BCUT2D eigenvalue weighted by molar-refractivity contribution is 5.98. The molecule has 0 aromatic heterocycles. The van der Waals surface area contributed by atoms with Gasteiger partial charge < -0.3 is 15.0 Å². The summed E-state index contributed by atoms with van der Waals surface area (Å²) in [5.74, 6) is 0.458. The maximum absolute atomic E-state index is 11.9. The van der Waals surface area contributed by atoms with Crippen LogP contribution in [-0.2, 0) is 4.79 Å². The van der Waals surface area contributed by atoms with Crippen LogP contribution >= 0.6 is 0 Å². The number of ketones is 1. The number of amides is 1. The van der Waals surface area contributed by atoms with Gasteiger partial charge in [-0.15, -0.1) is 0 Å². The van der Waals surface area contributed by atoms with Crippen molar-refractivity contribution in [2.45, 2.75) is 6.92 Å². The molecule has 0 aliphatic heterocycles. The van der Waals surface area contributed by atoms with E-state index in [1.54, 1.807) is 24.3 Å². The number of nitrogens with zero attached hydrogens (tertiary/aromatic N) is 1. The first kappa shape index (κ1) is 17.7.